The van der Waals surface area contributed by atoms with Gasteiger partial charge in [-0.3, -0.25) is 9.59 Å². The van der Waals surface area contributed by atoms with Crippen LogP contribution in [-0.4, -0.2) is 37.2 Å². The SMILES string of the molecule is CC(C(=O)Nc1ccccc1)n1nnnc1CCC(=O)O. The molecule has 1 aromatic heterocycles. The van der Waals surface area contributed by atoms with Gasteiger partial charge in [-0.1, -0.05) is 18.2 Å². The summed E-state index contributed by atoms with van der Waals surface area (Å²) in [6.45, 7) is 1.65. The fourth-order valence-corrected chi connectivity index (χ4v) is 1.78. The summed E-state index contributed by atoms with van der Waals surface area (Å²) in [6, 6.07) is 8.39. The number of hydrogen-bond donors (Lipinski definition) is 2. The van der Waals surface area contributed by atoms with E-state index in [1.165, 1.54) is 4.68 Å². The van der Waals surface area contributed by atoms with Crippen molar-refractivity contribution in [2.75, 3.05) is 5.32 Å². The Morgan fingerprint density at radius 3 is 2.71 bits per heavy atom. The van der Waals surface area contributed by atoms with Gasteiger partial charge in [0.05, 0.1) is 6.42 Å². The second kappa shape index (κ2) is 6.60. The largest absolute Gasteiger partial charge is 0.481 e. The lowest BCUT2D eigenvalue weighted by molar-refractivity contribution is -0.137. The molecule has 2 aromatic rings. The van der Waals surface area contributed by atoms with Crippen LogP contribution in [0.1, 0.15) is 25.2 Å². The molecule has 0 aliphatic heterocycles. The number of benzene rings is 1. The highest BCUT2D eigenvalue weighted by Gasteiger charge is 2.20. The van der Waals surface area contributed by atoms with Gasteiger partial charge in [-0.05, 0) is 29.5 Å². The Hall–Kier alpha value is -2.77. The van der Waals surface area contributed by atoms with Gasteiger partial charge in [-0.2, -0.15) is 0 Å². The molecule has 8 nitrogen and oxygen atoms in total. The maximum Gasteiger partial charge on any atom is 0.303 e. The van der Waals surface area contributed by atoms with Crippen LogP contribution in [0.15, 0.2) is 30.3 Å². The minimum Gasteiger partial charge on any atom is -0.481 e. The number of aromatic nitrogens is 4. The lowest BCUT2D eigenvalue weighted by atomic mass is 10.2. The molecule has 1 heterocycles. The Morgan fingerprint density at radius 1 is 1.33 bits per heavy atom. The minimum absolute atomic E-state index is 0.0899. The number of rotatable bonds is 6. The van der Waals surface area contributed by atoms with Crippen molar-refractivity contribution in [3.63, 3.8) is 0 Å². The molecule has 110 valence electrons. The molecule has 0 fully saturated rings. The zero-order valence-corrected chi connectivity index (χ0v) is 11.4. The fourth-order valence-electron chi connectivity index (χ4n) is 1.78. The van der Waals surface area contributed by atoms with E-state index < -0.39 is 12.0 Å². The molecule has 21 heavy (non-hydrogen) atoms. The van der Waals surface area contributed by atoms with Crippen LogP contribution in [0.3, 0.4) is 0 Å². The summed E-state index contributed by atoms with van der Waals surface area (Å²) >= 11 is 0. The maximum atomic E-state index is 12.2. The summed E-state index contributed by atoms with van der Waals surface area (Å²) in [7, 11) is 0. The van der Waals surface area contributed by atoms with Gasteiger partial charge in [-0.15, -0.1) is 5.10 Å². The van der Waals surface area contributed by atoms with Crippen molar-refractivity contribution in [3.05, 3.63) is 36.2 Å². The number of anilines is 1. The van der Waals surface area contributed by atoms with Crippen molar-refractivity contribution in [1.82, 2.24) is 20.2 Å². The van der Waals surface area contributed by atoms with Crippen LogP contribution in [0.5, 0.6) is 0 Å². The van der Waals surface area contributed by atoms with Crippen molar-refractivity contribution in [3.8, 4) is 0 Å². The molecule has 0 aliphatic rings. The van der Waals surface area contributed by atoms with Crippen molar-refractivity contribution >= 4 is 17.6 Å². The van der Waals surface area contributed by atoms with Crippen molar-refractivity contribution in [1.29, 1.82) is 0 Å². The lowest BCUT2D eigenvalue weighted by Crippen LogP contribution is -2.26. The van der Waals surface area contributed by atoms with Gasteiger partial charge in [0, 0.05) is 12.1 Å². The number of amides is 1. The zero-order chi connectivity index (χ0) is 15.2. The number of hydrogen-bond acceptors (Lipinski definition) is 5. The highest BCUT2D eigenvalue weighted by molar-refractivity contribution is 5.93. The summed E-state index contributed by atoms with van der Waals surface area (Å²) in [5, 5.41) is 22.5. The number of carbonyl (C=O) groups excluding carboxylic acids is 1. The summed E-state index contributed by atoms with van der Waals surface area (Å²) in [6.07, 6.45) is 0.0820. The van der Waals surface area contributed by atoms with Crippen molar-refractivity contribution in [2.24, 2.45) is 0 Å². The molecular weight excluding hydrogens is 274 g/mol. The minimum atomic E-state index is -0.939. The smallest absolute Gasteiger partial charge is 0.303 e. The van der Waals surface area contributed by atoms with E-state index in [-0.39, 0.29) is 18.7 Å². The maximum absolute atomic E-state index is 12.2. The molecule has 0 radical (unpaired) electrons. The van der Waals surface area contributed by atoms with E-state index in [0.29, 0.717) is 11.5 Å². The number of aliphatic carboxylic acids is 1. The number of para-hydroxylation sites is 1. The summed E-state index contributed by atoms with van der Waals surface area (Å²) in [4.78, 5) is 22.8. The number of nitrogens with zero attached hydrogens (tertiary/aromatic N) is 4. The third-order valence-electron chi connectivity index (χ3n) is 2.91. The van der Waals surface area contributed by atoms with E-state index in [0.717, 1.165) is 0 Å². The number of carbonyl (C=O) groups is 2. The first-order chi connectivity index (χ1) is 10.1. The quantitative estimate of drug-likeness (QED) is 0.817. The van der Waals surface area contributed by atoms with E-state index in [9.17, 15) is 9.59 Å². The summed E-state index contributed by atoms with van der Waals surface area (Å²) < 4.78 is 1.33. The van der Waals surface area contributed by atoms with Gasteiger partial charge in [0.2, 0.25) is 5.91 Å². The van der Waals surface area contributed by atoms with E-state index in [2.05, 4.69) is 20.8 Å². The van der Waals surface area contributed by atoms with E-state index in [1.54, 1.807) is 19.1 Å². The molecule has 1 aromatic carbocycles. The molecule has 0 spiro atoms. The molecule has 2 N–H and O–H groups in total. The number of tetrazole rings is 1. The molecule has 8 heteroatoms. The normalized spacial score (nSPS) is 11.9. The number of carboxylic acids is 1. The first-order valence-corrected chi connectivity index (χ1v) is 6.42. The molecule has 0 aliphatic carbocycles. The molecule has 1 unspecified atom stereocenters. The number of aryl methyl sites for hydroxylation is 1. The average molecular weight is 289 g/mol. The second-order valence-electron chi connectivity index (χ2n) is 4.46. The molecule has 1 atom stereocenters. The van der Waals surface area contributed by atoms with Gasteiger partial charge in [-0.25, -0.2) is 4.68 Å². The first kappa shape index (κ1) is 14.6. The second-order valence-corrected chi connectivity index (χ2v) is 4.46. The van der Waals surface area contributed by atoms with E-state index in [4.69, 9.17) is 5.11 Å². The molecule has 0 bridgehead atoms. The number of carboxylic acid groups (broad SMARTS) is 1. The van der Waals surface area contributed by atoms with Gasteiger partial charge < -0.3 is 10.4 Å². The highest BCUT2D eigenvalue weighted by Crippen LogP contribution is 2.12. The fraction of sp³-hybridized carbons (Fsp3) is 0.308. The molecule has 1 amide bonds. The molecule has 0 saturated heterocycles. The average Bonchev–Trinajstić information content (AvgIpc) is 2.93. The van der Waals surface area contributed by atoms with E-state index in [1.807, 2.05) is 18.2 Å². The van der Waals surface area contributed by atoms with E-state index >= 15 is 0 Å². The topological polar surface area (TPSA) is 110 Å². The predicted octanol–water partition coefficient (Wildman–Crippen LogP) is 0.890. The van der Waals surface area contributed by atoms with Gasteiger partial charge in [0.25, 0.3) is 0 Å². The Kier molecular flexibility index (Phi) is 4.60. The van der Waals surface area contributed by atoms with Crippen LogP contribution in [0.4, 0.5) is 5.69 Å². The van der Waals surface area contributed by atoms with Gasteiger partial charge >= 0.3 is 5.97 Å². The molecule has 2 rings (SSSR count). The summed E-state index contributed by atoms with van der Waals surface area (Å²) in [5.41, 5.74) is 0.675. The third kappa shape index (κ3) is 3.85. The van der Waals surface area contributed by atoms with Crippen molar-refractivity contribution < 1.29 is 14.7 Å². The van der Waals surface area contributed by atoms with Crippen LogP contribution in [0.2, 0.25) is 0 Å². The van der Waals surface area contributed by atoms with Gasteiger partial charge in [0.15, 0.2) is 5.82 Å². The number of nitrogens with one attached hydrogen (secondary N) is 1. The van der Waals surface area contributed by atoms with Crippen LogP contribution < -0.4 is 5.32 Å². The Balaban J connectivity index is 2.05. The van der Waals surface area contributed by atoms with Gasteiger partial charge in [0.1, 0.15) is 6.04 Å². The summed E-state index contributed by atoms with van der Waals surface area (Å²) in [5.74, 6) is -0.843. The molecule has 0 saturated carbocycles. The first-order valence-electron chi connectivity index (χ1n) is 6.42. The highest BCUT2D eigenvalue weighted by atomic mass is 16.4. The monoisotopic (exact) mass is 289 g/mol. The Bertz CT molecular complexity index is 626. The standard InChI is InChI=1S/C13H15N5O3/c1-9(13(21)14-10-5-3-2-4-6-10)18-11(15-16-17-18)7-8-12(19)20/h2-6,9H,7-8H2,1H3,(H,14,21)(H,19,20). The van der Waals surface area contributed by atoms with Crippen LogP contribution in [0.25, 0.3) is 0 Å². The Morgan fingerprint density at radius 2 is 2.05 bits per heavy atom. The molecular formula is C13H15N5O3. The van der Waals surface area contributed by atoms with Crippen LogP contribution in [-0.2, 0) is 16.0 Å². The van der Waals surface area contributed by atoms with Crippen LogP contribution >= 0.6 is 0 Å². The predicted molar refractivity (Wildman–Crippen MR) is 73.6 cm³/mol. The third-order valence-corrected chi connectivity index (χ3v) is 2.91. The zero-order valence-electron chi connectivity index (χ0n) is 11.4. The Labute approximate surface area is 120 Å². The lowest BCUT2D eigenvalue weighted by Gasteiger charge is -2.13. The van der Waals surface area contributed by atoms with Crippen LogP contribution in [0, 0.1) is 0 Å². The van der Waals surface area contributed by atoms with Crippen molar-refractivity contribution in [2.45, 2.75) is 25.8 Å².